The number of piperidine rings is 1. The van der Waals surface area contributed by atoms with Crippen LogP contribution in [0.3, 0.4) is 0 Å². The van der Waals surface area contributed by atoms with E-state index in [2.05, 4.69) is 29.5 Å². The number of hydrogen-bond acceptors (Lipinski definition) is 4. The Kier molecular flexibility index (Phi) is 14.0. The number of hydrogen-bond donors (Lipinski definition) is 2. The zero-order chi connectivity index (χ0) is 17.8. The van der Waals surface area contributed by atoms with Gasteiger partial charge in [0.2, 0.25) is 0 Å². The number of nitrogens with one attached hydrogen (secondary N) is 2. The fourth-order valence-electron chi connectivity index (χ4n) is 2.47. The van der Waals surface area contributed by atoms with Gasteiger partial charge in [0.1, 0.15) is 0 Å². The first-order valence-corrected chi connectivity index (χ1v) is 9.03. The van der Waals surface area contributed by atoms with Crippen LogP contribution in [0.15, 0.2) is 4.99 Å². The maximum atomic E-state index is 11.7. The Morgan fingerprint density at radius 2 is 1.96 bits per heavy atom. The summed E-state index contributed by atoms with van der Waals surface area (Å²) >= 11 is 0. The lowest BCUT2D eigenvalue weighted by atomic mass is 10.1. The predicted molar refractivity (Wildman–Crippen MR) is 112 cm³/mol. The van der Waals surface area contributed by atoms with Crippen LogP contribution in [-0.2, 0) is 9.47 Å². The van der Waals surface area contributed by atoms with Gasteiger partial charge >= 0.3 is 6.09 Å². The van der Waals surface area contributed by atoms with Gasteiger partial charge in [0.25, 0.3) is 0 Å². The van der Waals surface area contributed by atoms with Crippen LogP contribution >= 0.6 is 24.0 Å². The monoisotopic (exact) mass is 470 g/mol. The molecule has 0 aromatic rings. The van der Waals surface area contributed by atoms with E-state index in [-0.39, 0.29) is 30.1 Å². The third-order valence-electron chi connectivity index (χ3n) is 3.96. The Morgan fingerprint density at radius 3 is 2.52 bits per heavy atom. The van der Waals surface area contributed by atoms with Gasteiger partial charge in [0.05, 0.1) is 13.2 Å². The van der Waals surface area contributed by atoms with E-state index >= 15 is 0 Å². The van der Waals surface area contributed by atoms with Crippen molar-refractivity contribution in [3.8, 4) is 0 Å². The molecule has 148 valence electrons. The molecule has 1 aliphatic heterocycles. The highest BCUT2D eigenvalue weighted by Gasteiger charge is 2.23. The van der Waals surface area contributed by atoms with E-state index in [1.54, 1.807) is 11.9 Å². The van der Waals surface area contributed by atoms with Crippen molar-refractivity contribution in [2.24, 2.45) is 10.9 Å². The third kappa shape index (κ3) is 10.7. The third-order valence-corrected chi connectivity index (χ3v) is 3.96. The van der Waals surface area contributed by atoms with E-state index in [1.165, 1.54) is 0 Å². The summed E-state index contributed by atoms with van der Waals surface area (Å²) in [4.78, 5) is 17.7. The number of rotatable bonds is 8. The molecule has 0 bridgehead atoms. The Bertz CT molecular complexity index is 386. The average Bonchev–Trinajstić information content (AvgIpc) is 2.57. The van der Waals surface area contributed by atoms with E-state index in [4.69, 9.17) is 9.47 Å². The molecule has 0 atom stereocenters. The molecule has 0 saturated carbocycles. The summed E-state index contributed by atoms with van der Waals surface area (Å²) in [5, 5.41) is 6.68. The van der Waals surface area contributed by atoms with Gasteiger partial charge < -0.3 is 25.0 Å². The highest BCUT2D eigenvalue weighted by molar-refractivity contribution is 14.0. The molecule has 1 rings (SSSR count). The Hall–Kier alpha value is -0.770. The minimum Gasteiger partial charge on any atom is -0.450 e. The van der Waals surface area contributed by atoms with Gasteiger partial charge in [-0.1, -0.05) is 13.8 Å². The SMILES string of the molecule is CCOC(=O)N1CCC(NC(=NC)NCCOCCC(C)C)CC1.I. The number of amides is 1. The molecule has 0 aliphatic carbocycles. The molecule has 0 aromatic heterocycles. The van der Waals surface area contributed by atoms with Crippen LogP contribution in [0.5, 0.6) is 0 Å². The highest BCUT2D eigenvalue weighted by atomic mass is 127. The summed E-state index contributed by atoms with van der Waals surface area (Å²) in [6.07, 6.45) is 2.66. The number of guanidine groups is 1. The number of carbonyl (C=O) groups is 1. The van der Waals surface area contributed by atoms with Crippen LogP contribution in [0.4, 0.5) is 4.79 Å². The van der Waals surface area contributed by atoms with Gasteiger partial charge in [0, 0.05) is 39.3 Å². The second-order valence-corrected chi connectivity index (χ2v) is 6.40. The summed E-state index contributed by atoms with van der Waals surface area (Å²) < 4.78 is 10.6. The second-order valence-electron chi connectivity index (χ2n) is 6.40. The summed E-state index contributed by atoms with van der Waals surface area (Å²) in [5.74, 6) is 1.46. The van der Waals surface area contributed by atoms with Crippen LogP contribution in [0.2, 0.25) is 0 Å². The largest absolute Gasteiger partial charge is 0.450 e. The fourth-order valence-corrected chi connectivity index (χ4v) is 2.47. The van der Waals surface area contributed by atoms with E-state index in [9.17, 15) is 4.79 Å². The topological polar surface area (TPSA) is 75.2 Å². The lowest BCUT2D eigenvalue weighted by molar-refractivity contribution is 0.0962. The van der Waals surface area contributed by atoms with Gasteiger partial charge in [-0.15, -0.1) is 24.0 Å². The summed E-state index contributed by atoms with van der Waals surface area (Å²) in [6.45, 7) is 10.3. The van der Waals surface area contributed by atoms with Gasteiger partial charge in [-0.05, 0) is 32.1 Å². The van der Waals surface area contributed by atoms with Crippen LogP contribution in [0.25, 0.3) is 0 Å². The molecule has 1 amide bonds. The summed E-state index contributed by atoms with van der Waals surface area (Å²) in [7, 11) is 1.77. The van der Waals surface area contributed by atoms with Gasteiger partial charge in [-0.3, -0.25) is 4.99 Å². The van der Waals surface area contributed by atoms with Crippen molar-refractivity contribution in [3.63, 3.8) is 0 Å². The average molecular weight is 470 g/mol. The van der Waals surface area contributed by atoms with Gasteiger partial charge in [-0.25, -0.2) is 4.79 Å². The molecule has 25 heavy (non-hydrogen) atoms. The normalized spacial score (nSPS) is 15.7. The maximum Gasteiger partial charge on any atom is 0.409 e. The lowest BCUT2D eigenvalue weighted by Crippen LogP contribution is -2.50. The second kappa shape index (κ2) is 14.4. The molecule has 1 saturated heterocycles. The van der Waals surface area contributed by atoms with Crippen molar-refractivity contribution in [2.75, 3.05) is 46.5 Å². The van der Waals surface area contributed by atoms with E-state index in [1.807, 2.05) is 6.92 Å². The van der Waals surface area contributed by atoms with Crippen molar-refractivity contribution in [1.82, 2.24) is 15.5 Å². The van der Waals surface area contributed by atoms with Crippen LogP contribution in [0, 0.1) is 5.92 Å². The predicted octanol–water partition coefficient (Wildman–Crippen LogP) is 2.45. The molecule has 8 heteroatoms. The summed E-state index contributed by atoms with van der Waals surface area (Å²) in [6, 6.07) is 0.323. The van der Waals surface area contributed by atoms with Crippen LogP contribution in [-0.4, -0.2) is 69.5 Å². The minimum absolute atomic E-state index is 0. The van der Waals surface area contributed by atoms with E-state index < -0.39 is 0 Å². The molecule has 0 spiro atoms. The summed E-state index contributed by atoms with van der Waals surface area (Å²) in [5.41, 5.74) is 0. The molecule has 1 aliphatic rings. The zero-order valence-corrected chi connectivity index (χ0v) is 18.4. The smallest absolute Gasteiger partial charge is 0.409 e. The molecule has 0 radical (unpaired) electrons. The molecule has 0 unspecified atom stereocenters. The van der Waals surface area contributed by atoms with Crippen LogP contribution < -0.4 is 10.6 Å². The first-order valence-electron chi connectivity index (χ1n) is 9.03. The molecule has 2 N–H and O–H groups in total. The number of aliphatic imine (C=N–C) groups is 1. The minimum atomic E-state index is -0.211. The van der Waals surface area contributed by atoms with E-state index in [0.29, 0.717) is 38.3 Å². The molecular weight excluding hydrogens is 435 g/mol. The van der Waals surface area contributed by atoms with Crippen molar-refractivity contribution >= 4 is 36.0 Å². The highest BCUT2D eigenvalue weighted by Crippen LogP contribution is 2.11. The molecular formula is C17H35IN4O3. The number of carbonyl (C=O) groups excluding carboxylic acids is 1. The van der Waals surface area contributed by atoms with E-state index in [0.717, 1.165) is 38.4 Å². The van der Waals surface area contributed by atoms with Gasteiger partial charge in [-0.2, -0.15) is 0 Å². The van der Waals surface area contributed by atoms with Crippen LogP contribution in [0.1, 0.15) is 40.0 Å². The number of halogens is 1. The zero-order valence-electron chi connectivity index (χ0n) is 16.0. The number of likely N-dealkylation sites (tertiary alicyclic amines) is 1. The van der Waals surface area contributed by atoms with Crippen molar-refractivity contribution in [1.29, 1.82) is 0 Å². The van der Waals surface area contributed by atoms with Crippen molar-refractivity contribution in [3.05, 3.63) is 0 Å². The standard InChI is InChI=1S/C17H34N4O3.HI/c1-5-24-17(22)21-10-6-15(7-11-21)20-16(18-4)19-9-13-23-12-8-14(2)3;/h14-15H,5-13H2,1-4H3,(H2,18,19,20);1H. The molecule has 0 aromatic carbocycles. The first-order chi connectivity index (χ1) is 11.6. The first kappa shape index (κ1) is 24.2. The molecule has 1 heterocycles. The quantitative estimate of drug-likeness (QED) is 0.247. The van der Waals surface area contributed by atoms with Crippen molar-refractivity contribution in [2.45, 2.75) is 46.1 Å². The Labute approximate surface area is 169 Å². The number of ether oxygens (including phenoxy) is 2. The fraction of sp³-hybridized carbons (Fsp3) is 0.882. The Morgan fingerprint density at radius 1 is 1.28 bits per heavy atom. The number of nitrogens with zero attached hydrogens (tertiary/aromatic N) is 2. The van der Waals surface area contributed by atoms with Gasteiger partial charge in [0.15, 0.2) is 5.96 Å². The van der Waals surface area contributed by atoms with Crippen molar-refractivity contribution < 1.29 is 14.3 Å². The maximum absolute atomic E-state index is 11.7. The lowest BCUT2D eigenvalue weighted by Gasteiger charge is -2.32. The Balaban J connectivity index is 0.00000576. The molecule has 7 nitrogen and oxygen atoms in total. The molecule has 1 fully saturated rings.